The molecule has 1 heterocycles. The number of ketones is 2. The molecule has 0 atom stereocenters. The van der Waals surface area contributed by atoms with Crippen LogP contribution in [0.1, 0.15) is 31.8 Å². The number of fused-ring (bicyclic) bond motifs is 1. The van der Waals surface area contributed by atoms with Crippen molar-refractivity contribution in [3.8, 4) is 0 Å². The van der Waals surface area contributed by atoms with E-state index in [0.29, 0.717) is 37.6 Å². The Bertz CT molecular complexity index is 1180. The fraction of sp³-hybridized carbons (Fsp3) is 0.273. The zero-order valence-corrected chi connectivity index (χ0v) is 17.6. The number of hydrogen-bond donors (Lipinski definition) is 1. The lowest BCUT2D eigenvalue weighted by Gasteiger charge is -2.33. The number of sulfonamides is 1. The summed E-state index contributed by atoms with van der Waals surface area (Å²) >= 11 is 0. The average molecular weight is 426 g/mol. The van der Waals surface area contributed by atoms with Gasteiger partial charge >= 0.3 is 0 Å². The Labute approximate surface area is 175 Å². The highest BCUT2D eigenvalue weighted by Gasteiger charge is 2.41. The van der Waals surface area contributed by atoms with Gasteiger partial charge in [0.25, 0.3) is 10.0 Å². The summed E-state index contributed by atoms with van der Waals surface area (Å²) in [6.07, 6.45) is 0. The average Bonchev–Trinajstić information content (AvgIpc) is 2.73. The quantitative estimate of drug-likeness (QED) is 0.808. The molecule has 0 saturated carbocycles. The van der Waals surface area contributed by atoms with Gasteiger partial charge < -0.3 is 9.64 Å². The van der Waals surface area contributed by atoms with Crippen molar-refractivity contribution in [1.29, 1.82) is 0 Å². The van der Waals surface area contributed by atoms with Crippen LogP contribution in [-0.2, 0) is 14.8 Å². The maximum Gasteiger partial charge on any atom is 0.268 e. The van der Waals surface area contributed by atoms with Crippen LogP contribution in [0.5, 0.6) is 0 Å². The fourth-order valence-electron chi connectivity index (χ4n) is 3.70. The van der Waals surface area contributed by atoms with Crippen LogP contribution >= 0.6 is 0 Å². The first kappa shape index (κ1) is 20.3. The minimum Gasteiger partial charge on any atom is -0.378 e. The van der Waals surface area contributed by atoms with E-state index in [1.165, 1.54) is 6.07 Å². The second kappa shape index (κ2) is 7.70. The topological polar surface area (TPSA) is 92.8 Å². The molecule has 1 aliphatic heterocycles. The van der Waals surface area contributed by atoms with Gasteiger partial charge in [0.2, 0.25) is 11.6 Å². The van der Waals surface area contributed by atoms with Gasteiger partial charge in [-0.05, 0) is 31.0 Å². The number of ether oxygens (including phenoxy) is 1. The molecule has 0 bridgehead atoms. The number of hydrogen-bond acceptors (Lipinski definition) is 6. The van der Waals surface area contributed by atoms with E-state index in [9.17, 15) is 18.0 Å². The van der Waals surface area contributed by atoms with E-state index < -0.39 is 26.5 Å². The van der Waals surface area contributed by atoms with Crippen LogP contribution < -0.4 is 4.72 Å². The Morgan fingerprint density at radius 3 is 2.23 bits per heavy atom. The first-order chi connectivity index (χ1) is 14.3. The van der Waals surface area contributed by atoms with Crippen molar-refractivity contribution < 1.29 is 22.7 Å². The van der Waals surface area contributed by atoms with Gasteiger partial charge in [0.15, 0.2) is 4.91 Å². The Kier molecular flexibility index (Phi) is 5.21. The van der Waals surface area contributed by atoms with Crippen LogP contribution in [0.4, 0.5) is 5.69 Å². The van der Waals surface area contributed by atoms with Crippen LogP contribution in [0.25, 0.3) is 0 Å². The first-order valence-electron chi connectivity index (χ1n) is 9.65. The number of nitrogens with zero attached hydrogens (tertiary/aromatic N) is 1. The number of benzene rings is 2. The van der Waals surface area contributed by atoms with Crippen molar-refractivity contribution in [1.82, 2.24) is 4.90 Å². The number of nitrogens with one attached hydrogen (secondary N) is 1. The maximum atomic E-state index is 13.4. The van der Waals surface area contributed by atoms with Crippen LogP contribution in [0, 0.1) is 13.8 Å². The Balaban J connectivity index is 1.88. The van der Waals surface area contributed by atoms with E-state index in [4.69, 9.17) is 4.74 Å². The van der Waals surface area contributed by atoms with E-state index in [1.807, 2.05) is 13.0 Å². The molecule has 1 saturated heterocycles. The maximum absolute atomic E-state index is 13.4. The zero-order chi connectivity index (χ0) is 21.5. The molecule has 8 heteroatoms. The van der Waals surface area contributed by atoms with Crippen molar-refractivity contribution in [3.05, 3.63) is 75.3 Å². The van der Waals surface area contributed by atoms with Crippen LogP contribution in [0.2, 0.25) is 0 Å². The van der Waals surface area contributed by atoms with Gasteiger partial charge in [0, 0.05) is 24.2 Å². The van der Waals surface area contributed by atoms with Gasteiger partial charge in [-0.2, -0.15) is 0 Å². The Morgan fingerprint density at radius 2 is 1.57 bits per heavy atom. The summed E-state index contributed by atoms with van der Waals surface area (Å²) in [5.74, 6) is -1.14. The lowest BCUT2D eigenvalue weighted by atomic mass is 9.91. The molecule has 0 spiro atoms. The molecule has 156 valence electrons. The predicted molar refractivity (Wildman–Crippen MR) is 113 cm³/mol. The molecular weight excluding hydrogens is 404 g/mol. The number of allylic oxidation sites excluding steroid dienone is 2. The lowest BCUT2D eigenvalue weighted by molar-refractivity contribution is 0.0499. The highest BCUT2D eigenvalue weighted by molar-refractivity contribution is 7.97. The highest BCUT2D eigenvalue weighted by Crippen LogP contribution is 2.33. The summed E-state index contributed by atoms with van der Waals surface area (Å²) < 4.78 is 34.7. The van der Waals surface area contributed by atoms with E-state index in [2.05, 4.69) is 4.72 Å². The number of morpholine rings is 1. The van der Waals surface area contributed by atoms with Gasteiger partial charge in [0.1, 0.15) is 5.70 Å². The van der Waals surface area contributed by atoms with Crippen molar-refractivity contribution >= 4 is 27.3 Å². The van der Waals surface area contributed by atoms with Crippen LogP contribution in [0.3, 0.4) is 0 Å². The monoisotopic (exact) mass is 426 g/mol. The second-order valence-electron chi connectivity index (χ2n) is 7.40. The largest absolute Gasteiger partial charge is 0.378 e. The van der Waals surface area contributed by atoms with Crippen molar-refractivity contribution in [2.24, 2.45) is 0 Å². The van der Waals surface area contributed by atoms with E-state index in [-0.39, 0.29) is 16.8 Å². The molecule has 0 radical (unpaired) electrons. The number of anilines is 1. The fourth-order valence-corrected chi connectivity index (χ4v) is 5.15. The molecule has 2 aliphatic rings. The molecule has 2 aromatic rings. The molecular formula is C22H22N2O5S. The minimum atomic E-state index is -4.32. The number of Topliss-reactive ketones (excluding diaryl/α,β-unsaturated/α-hetero) is 2. The SMILES string of the molecule is Cc1ccc(C)c(NS(=O)(=O)C2=C(N3CCOCC3)C(=O)c3ccccc3C2=O)c1. The number of carbonyl (C=O) groups is 2. The summed E-state index contributed by atoms with van der Waals surface area (Å²) in [5.41, 5.74) is 2.20. The standard InChI is InChI=1S/C22H22N2O5S/c1-14-7-8-15(2)18(13-14)23-30(27,28)22-19(24-9-11-29-12-10-24)20(25)16-5-3-4-6-17(16)21(22)26/h3-8,13,23H,9-12H2,1-2H3. The molecule has 4 rings (SSSR count). The molecule has 1 fully saturated rings. The van der Waals surface area contributed by atoms with Gasteiger partial charge in [-0.1, -0.05) is 36.4 Å². The van der Waals surface area contributed by atoms with Crippen molar-refractivity contribution in [2.45, 2.75) is 13.8 Å². The molecule has 7 nitrogen and oxygen atoms in total. The van der Waals surface area contributed by atoms with Crippen LogP contribution in [-0.4, -0.2) is 51.2 Å². The summed E-state index contributed by atoms with van der Waals surface area (Å²) in [4.78, 5) is 27.8. The van der Waals surface area contributed by atoms with E-state index in [0.717, 1.165) is 5.56 Å². The molecule has 0 amide bonds. The summed E-state index contributed by atoms with van der Waals surface area (Å²) in [6.45, 7) is 4.99. The minimum absolute atomic E-state index is 0.0835. The van der Waals surface area contributed by atoms with E-state index in [1.54, 1.807) is 42.2 Å². The third-order valence-corrected chi connectivity index (χ3v) is 6.69. The smallest absolute Gasteiger partial charge is 0.268 e. The summed E-state index contributed by atoms with van der Waals surface area (Å²) in [7, 11) is -4.32. The van der Waals surface area contributed by atoms with Gasteiger partial charge in [-0.15, -0.1) is 0 Å². The molecule has 30 heavy (non-hydrogen) atoms. The lowest BCUT2D eigenvalue weighted by Crippen LogP contribution is -2.43. The summed E-state index contributed by atoms with van der Waals surface area (Å²) in [6, 6.07) is 11.7. The second-order valence-corrected chi connectivity index (χ2v) is 9.02. The third-order valence-electron chi connectivity index (χ3n) is 5.29. The highest BCUT2D eigenvalue weighted by atomic mass is 32.2. The number of carbonyl (C=O) groups excluding carboxylic acids is 2. The first-order valence-corrected chi connectivity index (χ1v) is 11.1. The van der Waals surface area contributed by atoms with Gasteiger partial charge in [0.05, 0.1) is 18.9 Å². The zero-order valence-electron chi connectivity index (χ0n) is 16.8. The molecule has 1 N–H and O–H groups in total. The molecule has 0 aromatic heterocycles. The number of aryl methyl sites for hydroxylation is 2. The van der Waals surface area contributed by atoms with Crippen molar-refractivity contribution in [3.63, 3.8) is 0 Å². The normalized spacial score (nSPS) is 17.2. The number of rotatable bonds is 4. The molecule has 0 unspecified atom stereocenters. The Morgan fingerprint density at radius 1 is 0.933 bits per heavy atom. The summed E-state index contributed by atoms with van der Waals surface area (Å²) in [5, 5.41) is 0. The van der Waals surface area contributed by atoms with Crippen molar-refractivity contribution in [2.75, 3.05) is 31.0 Å². The van der Waals surface area contributed by atoms with Crippen LogP contribution in [0.15, 0.2) is 53.1 Å². The van der Waals surface area contributed by atoms with Gasteiger partial charge in [-0.25, -0.2) is 8.42 Å². The Hall–Kier alpha value is -2.97. The van der Waals surface area contributed by atoms with E-state index >= 15 is 0 Å². The van der Waals surface area contributed by atoms with Gasteiger partial charge in [-0.3, -0.25) is 14.3 Å². The molecule has 2 aromatic carbocycles. The molecule has 1 aliphatic carbocycles. The predicted octanol–water partition coefficient (Wildman–Crippen LogP) is 2.67. The third kappa shape index (κ3) is 3.53.